The van der Waals surface area contributed by atoms with Crippen molar-refractivity contribution in [1.82, 2.24) is 14.3 Å². The molecule has 9 heteroatoms. The zero-order valence-corrected chi connectivity index (χ0v) is 13.4. The van der Waals surface area contributed by atoms with Crippen molar-refractivity contribution in [2.24, 2.45) is 0 Å². The Balaban J connectivity index is 2.33. The van der Waals surface area contributed by atoms with Gasteiger partial charge in [0.25, 0.3) is 10.0 Å². The lowest BCUT2D eigenvalue weighted by atomic mass is 10.1. The first-order chi connectivity index (χ1) is 10.8. The van der Waals surface area contributed by atoms with Crippen molar-refractivity contribution in [3.63, 3.8) is 0 Å². The molecule has 1 aromatic carbocycles. The molecule has 0 saturated carbocycles. The fourth-order valence-corrected chi connectivity index (χ4v) is 3.95. The van der Waals surface area contributed by atoms with Crippen molar-refractivity contribution in [2.45, 2.75) is 25.7 Å². The maximum absolute atomic E-state index is 12.9. The zero-order valence-electron chi connectivity index (χ0n) is 12.6. The van der Waals surface area contributed by atoms with E-state index in [-0.39, 0.29) is 22.2 Å². The summed E-state index contributed by atoms with van der Waals surface area (Å²) in [5, 5.41) is 7.25. The monoisotopic (exact) mass is 335 g/mol. The summed E-state index contributed by atoms with van der Waals surface area (Å²) in [6.07, 6.45) is 0. The van der Waals surface area contributed by atoms with Gasteiger partial charge in [-0.3, -0.25) is 4.52 Å². The maximum Gasteiger partial charge on any atom is 0.456 e. The molecule has 0 aliphatic carbocycles. The van der Waals surface area contributed by atoms with Crippen LogP contribution in [0.25, 0.3) is 11.4 Å². The maximum atomic E-state index is 12.9. The van der Waals surface area contributed by atoms with Gasteiger partial charge < -0.3 is 4.52 Å². The number of nitrogens with zero attached hydrogens (tertiary/aromatic N) is 3. The van der Waals surface area contributed by atoms with Crippen LogP contribution in [0, 0.1) is 20.8 Å². The highest BCUT2D eigenvalue weighted by Gasteiger charge is 2.32. The van der Waals surface area contributed by atoms with Crippen LogP contribution in [0.1, 0.15) is 17.0 Å². The van der Waals surface area contributed by atoms with Gasteiger partial charge in [0.2, 0.25) is 5.82 Å². The first-order valence-electron chi connectivity index (χ1n) is 6.67. The summed E-state index contributed by atoms with van der Waals surface area (Å²) in [5.74, 6) is -1.09. The van der Waals surface area contributed by atoms with Gasteiger partial charge in [0.1, 0.15) is 5.69 Å². The van der Waals surface area contributed by atoms with E-state index in [4.69, 9.17) is 4.52 Å². The molecule has 120 valence electrons. The second-order valence-corrected chi connectivity index (χ2v) is 6.73. The lowest BCUT2D eigenvalue weighted by molar-refractivity contribution is 0.384. The Hall–Kier alpha value is -2.68. The summed E-state index contributed by atoms with van der Waals surface area (Å²) in [6.45, 7) is 4.72. The van der Waals surface area contributed by atoms with E-state index in [1.54, 1.807) is 31.2 Å². The van der Waals surface area contributed by atoms with Gasteiger partial charge in [0.15, 0.2) is 10.7 Å². The van der Waals surface area contributed by atoms with Gasteiger partial charge in [-0.25, -0.2) is 13.2 Å². The number of benzene rings is 1. The van der Waals surface area contributed by atoms with Crippen molar-refractivity contribution in [3.05, 3.63) is 51.8 Å². The van der Waals surface area contributed by atoms with Gasteiger partial charge in [-0.2, -0.15) is 0 Å². The van der Waals surface area contributed by atoms with E-state index in [9.17, 15) is 13.2 Å². The highest BCUT2D eigenvalue weighted by molar-refractivity contribution is 7.90. The van der Waals surface area contributed by atoms with Gasteiger partial charge in [0, 0.05) is 5.56 Å². The summed E-state index contributed by atoms with van der Waals surface area (Å²) in [4.78, 5) is 11.8. The fraction of sp³-hybridized carbons (Fsp3) is 0.214. The summed E-state index contributed by atoms with van der Waals surface area (Å²) >= 11 is 0. The molecule has 2 aromatic heterocycles. The van der Waals surface area contributed by atoms with Crippen LogP contribution in [0.3, 0.4) is 0 Å². The molecule has 3 aromatic rings. The van der Waals surface area contributed by atoms with Crippen molar-refractivity contribution in [3.8, 4) is 11.4 Å². The minimum absolute atomic E-state index is 0.0892. The lowest BCUT2D eigenvalue weighted by Gasteiger charge is -2.07. The number of aryl methyl sites for hydroxylation is 3. The molecule has 8 nitrogen and oxygen atoms in total. The van der Waals surface area contributed by atoms with E-state index in [0.29, 0.717) is 9.54 Å². The van der Waals surface area contributed by atoms with E-state index < -0.39 is 15.8 Å². The molecule has 0 atom stereocenters. The Bertz CT molecular complexity index is 1020. The SMILES string of the molecule is Cc1ccccc1-c1noc(=O)n1S(=O)(=O)c1c(C)noc1C. The molecule has 3 rings (SSSR count). The smallest absolute Gasteiger partial charge is 0.360 e. The predicted octanol–water partition coefficient (Wildman–Crippen LogP) is 1.65. The van der Waals surface area contributed by atoms with E-state index in [2.05, 4.69) is 14.8 Å². The molecule has 0 N–H and O–H groups in total. The van der Waals surface area contributed by atoms with Crippen LogP contribution in [-0.2, 0) is 10.0 Å². The Morgan fingerprint density at radius 2 is 1.74 bits per heavy atom. The second-order valence-electron chi connectivity index (χ2n) is 5.01. The Morgan fingerprint density at radius 1 is 1.04 bits per heavy atom. The number of hydrogen-bond donors (Lipinski definition) is 0. The third-order valence-electron chi connectivity index (χ3n) is 3.42. The zero-order chi connectivity index (χ0) is 16.8. The van der Waals surface area contributed by atoms with E-state index >= 15 is 0 Å². The van der Waals surface area contributed by atoms with E-state index in [1.807, 2.05) is 0 Å². The summed E-state index contributed by atoms with van der Waals surface area (Å²) in [7, 11) is -4.25. The number of aromatic nitrogens is 3. The first kappa shape index (κ1) is 15.2. The standard InChI is InChI=1S/C14H13N3O5S/c1-8-6-4-5-7-11(8)13-16-22-14(18)17(13)23(19,20)12-9(2)15-21-10(12)3/h4-7H,1-3H3. The highest BCUT2D eigenvalue weighted by atomic mass is 32.2. The molecule has 23 heavy (non-hydrogen) atoms. The first-order valence-corrected chi connectivity index (χ1v) is 8.11. The predicted molar refractivity (Wildman–Crippen MR) is 79.5 cm³/mol. The van der Waals surface area contributed by atoms with Crippen LogP contribution in [0.5, 0.6) is 0 Å². The van der Waals surface area contributed by atoms with Crippen LogP contribution >= 0.6 is 0 Å². The Morgan fingerprint density at radius 3 is 2.35 bits per heavy atom. The minimum atomic E-state index is -4.25. The van der Waals surface area contributed by atoms with E-state index in [1.165, 1.54) is 13.8 Å². The summed E-state index contributed by atoms with van der Waals surface area (Å²) in [6, 6.07) is 6.95. The molecule has 0 saturated heterocycles. The average molecular weight is 335 g/mol. The van der Waals surface area contributed by atoms with Crippen LogP contribution in [0.4, 0.5) is 0 Å². The van der Waals surface area contributed by atoms with Gasteiger partial charge in [-0.15, -0.1) is 3.97 Å². The third-order valence-corrected chi connectivity index (χ3v) is 5.32. The molecular weight excluding hydrogens is 322 g/mol. The van der Waals surface area contributed by atoms with Crippen LogP contribution in [-0.4, -0.2) is 22.7 Å². The molecule has 0 bridgehead atoms. The molecule has 0 aliphatic rings. The quantitative estimate of drug-likeness (QED) is 0.716. The Kier molecular flexibility index (Phi) is 3.44. The third kappa shape index (κ3) is 2.29. The molecule has 0 amide bonds. The molecule has 0 unspecified atom stereocenters. The van der Waals surface area contributed by atoms with Crippen LogP contribution in [0.2, 0.25) is 0 Å². The molecular formula is C14H13N3O5S. The number of hydrogen-bond acceptors (Lipinski definition) is 7. The van der Waals surface area contributed by atoms with Crippen LogP contribution < -0.4 is 5.76 Å². The topological polar surface area (TPSA) is 108 Å². The van der Waals surface area contributed by atoms with Gasteiger partial charge in [-0.05, 0) is 26.3 Å². The minimum Gasteiger partial charge on any atom is -0.360 e. The highest BCUT2D eigenvalue weighted by Crippen LogP contribution is 2.26. The normalized spacial score (nSPS) is 11.8. The summed E-state index contributed by atoms with van der Waals surface area (Å²) < 4.78 is 35.8. The van der Waals surface area contributed by atoms with Gasteiger partial charge in [0.05, 0.1) is 0 Å². The van der Waals surface area contributed by atoms with Crippen molar-refractivity contribution >= 4 is 10.0 Å². The molecule has 0 spiro atoms. The van der Waals surface area contributed by atoms with E-state index in [0.717, 1.165) is 5.56 Å². The second kappa shape index (κ2) is 5.20. The Labute approximate surface area is 131 Å². The van der Waals surface area contributed by atoms with Crippen molar-refractivity contribution in [1.29, 1.82) is 0 Å². The molecule has 0 radical (unpaired) electrons. The van der Waals surface area contributed by atoms with Gasteiger partial charge in [-0.1, -0.05) is 34.6 Å². The fourth-order valence-electron chi connectivity index (χ4n) is 2.37. The van der Waals surface area contributed by atoms with Gasteiger partial charge >= 0.3 is 5.76 Å². The number of rotatable bonds is 3. The van der Waals surface area contributed by atoms with Crippen molar-refractivity contribution < 1.29 is 17.5 Å². The largest absolute Gasteiger partial charge is 0.456 e. The summed E-state index contributed by atoms with van der Waals surface area (Å²) in [5.41, 5.74) is 1.39. The molecule has 2 heterocycles. The molecule has 0 fully saturated rings. The average Bonchev–Trinajstić information content (AvgIpc) is 3.03. The lowest BCUT2D eigenvalue weighted by Crippen LogP contribution is -2.25. The van der Waals surface area contributed by atoms with Crippen molar-refractivity contribution in [2.75, 3.05) is 0 Å². The van der Waals surface area contributed by atoms with Crippen LogP contribution in [0.15, 0.2) is 43.0 Å². The molecule has 0 aliphatic heterocycles.